The van der Waals surface area contributed by atoms with Crippen LogP contribution >= 0.6 is 0 Å². The van der Waals surface area contributed by atoms with Crippen LogP contribution < -0.4 is 10.1 Å². The van der Waals surface area contributed by atoms with Crippen molar-refractivity contribution in [3.05, 3.63) is 53.1 Å². The van der Waals surface area contributed by atoms with E-state index in [1.165, 1.54) is 12.1 Å². The summed E-state index contributed by atoms with van der Waals surface area (Å²) >= 11 is 0. The van der Waals surface area contributed by atoms with Gasteiger partial charge in [0.25, 0.3) is 5.91 Å². The minimum absolute atomic E-state index is 0.0477. The van der Waals surface area contributed by atoms with E-state index in [1.54, 1.807) is 26.0 Å². The number of pyridine rings is 2. The van der Waals surface area contributed by atoms with Gasteiger partial charge in [-0.15, -0.1) is 0 Å². The molecule has 0 aliphatic carbocycles. The van der Waals surface area contributed by atoms with Crippen LogP contribution in [0.2, 0.25) is 0 Å². The van der Waals surface area contributed by atoms with E-state index in [9.17, 15) is 22.8 Å². The third-order valence-corrected chi connectivity index (χ3v) is 3.66. The molecule has 28 heavy (non-hydrogen) atoms. The van der Waals surface area contributed by atoms with Crippen molar-refractivity contribution in [3.63, 3.8) is 0 Å². The molecule has 0 bridgehead atoms. The standard InChI is InChI=1S/C19H20F3N3O3/c1-3-15(26)8-14-7-13(6-12(2)25-14)9-24-18(27)17-5-4-16(10-23-17)28-11-19(20,21)22/h4-7,10H,3,8-9,11H2,1-2H3,(H,24,27). The van der Waals surface area contributed by atoms with Crippen molar-refractivity contribution in [3.8, 4) is 5.75 Å². The summed E-state index contributed by atoms with van der Waals surface area (Å²) < 4.78 is 40.9. The molecule has 9 heteroatoms. The quantitative estimate of drug-likeness (QED) is 0.743. The van der Waals surface area contributed by atoms with Crippen molar-refractivity contribution in [2.45, 2.75) is 39.4 Å². The molecule has 0 fully saturated rings. The number of amides is 1. The van der Waals surface area contributed by atoms with E-state index < -0.39 is 18.7 Å². The number of carbonyl (C=O) groups is 2. The summed E-state index contributed by atoms with van der Waals surface area (Å²) in [6.45, 7) is 2.35. The van der Waals surface area contributed by atoms with E-state index in [1.807, 2.05) is 0 Å². The van der Waals surface area contributed by atoms with Crippen molar-refractivity contribution in [1.82, 2.24) is 15.3 Å². The van der Waals surface area contributed by atoms with Crippen LogP contribution in [-0.4, -0.2) is 34.4 Å². The Morgan fingerprint density at radius 3 is 2.57 bits per heavy atom. The third kappa shape index (κ3) is 6.98. The number of hydrogen-bond donors (Lipinski definition) is 1. The van der Waals surface area contributed by atoms with Crippen LogP contribution in [0.4, 0.5) is 13.2 Å². The molecule has 0 unspecified atom stereocenters. The summed E-state index contributed by atoms with van der Waals surface area (Å²) in [5, 5.41) is 2.68. The van der Waals surface area contributed by atoms with Gasteiger partial charge >= 0.3 is 6.18 Å². The molecule has 2 heterocycles. The number of ketones is 1. The average Bonchev–Trinajstić information content (AvgIpc) is 2.63. The molecule has 0 saturated carbocycles. The van der Waals surface area contributed by atoms with Crippen LogP contribution in [0.25, 0.3) is 0 Å². The minimum atomic E-state index is -4.45. The number of hydrogen-bond acceptors (Lipinski definition) is 5. The number of Topliss-reactive ketones (excluding diaryl/α,β-unsaturated/α-hetero) is 1. The van der Waals surface area contributed by atoms with E-state index in [-0.39, 0.29) is 30.2 Å². The van der Waals surface area contributed by atoms with Gasteiger partial charge in [0.1, 0.15) is 17.2 Å². The van der Waals surface area contributed by atoms with Gasteiger partial charge in [-0.05, 0) is 36.8 Å². The predicted octanol–water partition coefficient (Wildman–Crippen LogP) is 3.18. The van der Waals surface area contributed by atoms with Gasteiger partial charge < -0.3 is 10.1 Å². The Balaban J connectivity index is 1.95. The van der Waals surface area contributed by atoms with Crippen LogP contribution in [0.1, 0.15) is 40.8 Å². The zero-order chi connectivity index (χ0) is 20.7. The van der Waals surface area contributed by atoms with Crippen LogP contribution in [0.5, 0.6) is 5.75 Å². The molecular formula is C19H20F3N3O3. The van der Waals surface area contributed by atoms with Gasteiger partial charge in [0.05, 0.1) is 6.20 Å². The second-order valence-corrected chi connectivity index (χ2v) is 6.14. The molecular weight excluding hydrogens is 375 g/mol. The second-order valence-electron chi connectivity index (χ2n) is 6.14. The van der Waals surface area contributed by atoms with Crippen LogP contribution in [-0.2, 0) is 17.8 Å². The number of halogens is 3. The summed E-state index contributed by atoms with van der Waals surface area (Å²) in [7, 11) is 0. The molecule has 0 spiro atoms. The summed E-state index contributed by atoms with van der Waals surface area (Å²) in [4.78, 5) is 31.9. The number of ether oxygens (including phenoxy) is 1. The SMILES string of the molecule is CCC(=O)Cc1cc(CNC(=O)c2ccc(OCC(F)(F)F)cn2)cc(C)n1. The number of carbonyl (C=O) groups excluding carboxylic acids is 2. The van der Waals surface area contributed by atoms with Gasteiger partial charge in [-0.2, -0.15) is 13.2 Å². The number of nitrogens with zero attached hydrogens (tertiary/aromatic N) is 2. The Labute approximate surface area is 160 Å². The first-order valence-electron chi connectivity index (χ1n) is 8.58. The monoisotopic (exact) mass is 395 g/mol. The highest BCUT2D eigenvalue weighted by molar-refractivity contribution is 5.92. The predicted molar refractivity (Wildman–Crippen MR) is 94.9 cm³/mol. The third-order valence-electron chi connectivity index (χ3n) is 3.66. The Kier molecular flexibility index (Phi) is 7.08. The molecule has 0 radical (unpaired) electrons. The molecule has 2 rings (SSSR count). The van der Waals surface area contributed by atoms with Gasteiger partial charge in [-0.3, -0.25) is 14.6 Å². The van der Waals surface area contributed by atoms with E-state index in [2.05, 4.69) is 20.0 Å². The second kappa shape index (κ2) is 9.29. The molecule has 150 valence electrons. The fraction of sp³-hybridized carbons (Fsp3) is 0.368. The molecule has 0 aliphatic heterocycles. The fourth-order valence-corrected chi connectivity index (χ4v) is 2.37. The number of rotatable bonds is 8. The molecule has 0 aromatic carbocycles. The summed E-state index contributed by atoms with van der Waals surface area (Å²) in [6, 6.07) is 6.08. The smallest absolute Gasteiger partial charge is 0.422 e. The summed E-state index contributed by atoms with van der Waals surface area (Å²) in [6.07, 6.45) is -2.72. The maximum Gasteiger partial charge on any atom is 0.422 e. The molecule has 2 aromatic rings. The number of nitrogens with one attached hydrogen (secondary N) is 1. The lowest BCUT2D eigenvalue weighted by molar-refractivity contribution is -0.153. The minimum Gasteiger partial charge on any atom is -0.483 e. The zero-order valence-corrected chi connectivity index (χ0v) is 15.5. The van der Waals surface area contributed by atoms with E-state index in [0.717, 1.165) is 17.5 Å². The first-order valence-corrected chi connectivity index (χ1v) is 8.58. The maximum atomic E-state index is 12.2. The van der Waals surface area contributed by atoms with Crippen molar-refractivity contribution in [2.24, 2.45) is 0 Å². The summed E-state index contributed by atoms with van der Waals surface area (Å²) in [5.74, 6) is -0.489. The van der Waals surface area contributed by atoms with Crippen LogP contribution in [0, 0.1) is 6.92 Å². The average molecular weight is 395 g/mol. The molecule has 1 amide bonds. The maximum absolute atomic E-state index is 12.2. The van der Waals surface area contributed by atoms with Crippen LogP contribution in [0.3, 0.4) is 0 Å². The zero-order valence-electron chi connectivity index (χ0n) is 15.5. The van der Waals surface area contributed by atoms with Crippen molar-refractivity contribution in [2.75, 3.05) is 6.61 Å². The molecule has 0 atom stereocenters. The lowest BCUT2D eigenvalue weighted by Gasteiger charge is -2.10. The number of aromatic nitrogens is 2. The molecule has 6 nitrogen and oxygen atoms in total. The van der Waals surface area contributed by atoms with Gasteiger partial charge in [0.15, 0.2) is 6.61 Å². The van der Waals surface area contributed by atoms with Gasteiger partial charge in [0.2, 0.25) is 0 Å². The summed E-state index contributed by atoms with van der Waals surface area (Å²) in [5.41, 5.74) is 2.20. The normalized spacial score (nSPS) is 11.2. The lowest BCUT2D eigenvalue weighted by atomic mass is 10.1. The molecule has 1 N–H and O–H groups in total. The highest BCUT2D eigenvalue weighted by Crippen LogP contribution is 2.18. The first kappa shape index (κ1) is 21.3. The first-order chi connectivity index (χ1) is 13.2. The topological polar surface area (TPSA) is 81.2 Å². The van der Waals surface area contributed by atoms with Crippen LogP contribution in [0.15, 0.2) is 30.5 Å². The highest BCUT2D eigenvalue weighted by Gasteiger charge is 2.28. The molecule has 0 saturated heterocycles. The van der Waals surface area contributed by atoms with E-state index in [4.69, 9.17) is 0 Å². The fourth-order valence-electron chi connectivity index (χ4n) is 2.37. The largest absolute Gasteiger partial charge is 0.483 e. The lowest BCUT2D eigenvalue weighted by Crippen LogP contribution is -2.24. The van der Waals surface area contributed by atoms with E-state index in [0.29, 0.717) is 12.1 Å². The number of alkyl halides is 3. The Hall–Kier alpha value is -2.97. The highest BCUT2D eigenvalue weighted by atomic mass is 19.4. The molecule has 2 aromatic heterocycles. The van der Waals surface area contributed by atoms with Crippen molar-refractivity contribution >= 4 is 11.7 Å². The number of aryl methyl sites for hydroxylation is 1. The van der Waals surface area contributed by atoms with E-state index >= 15 is 0 Å². The van der Waals surface area contributed by atoms with Crippen molar-refractivity contribution in [1.29, 1.82) is 0 Å². The van der Waals surface area contributed by atoms with Gasteiger partial charge in [-0.25, -0.2) is 4.98 Å². The Bertz CT molecular complexity index is 837. The van der Waals surface area contributed by atoms with Gasteiger partial charge in [0, 0.05) is 30.8 Å². The molecule has 0 aliphatic rings. The Morgan fingerprint density at radius 2 is 1.96 bits per heavy atom. The Morgan fingerprint density at radius 1 is 1.21 bits per heavy atom. The van der Waals surface area contributed by atoms with Gasteiger partial charge in [-0.1, -0.05) is 6.92 Å². The van der Waals surface area contributed by atoms with Crippen molar-refractivity contribution < 1.29 is 27.5 Å².